The van der Waals surface area contributed by atoms with E-state index < -0.39 is 11.1 Å². The predicted molar refractivity (Wildman–Crippen MR) is 37.2 cm³/mol. The minimum absolute atomic E-state index is 0.289. The van der Waals surface area contributed by atoms with Crippen LogP contribution < -0.4 is 0 Å². The summed E-state index contributed by atoms with van der Waals surface area (Å²) in [6, 6.07) is 0. The maximum Gasteiger partial charge on any atom is 0.427 e. The summed E-state index contributed by atoms with van der Waals surface area (Å²) < 4.78 is 35.6. The number of thiazole rings is 1. The Morgan fingerprint density at radius 1 is 1.55 bits per heavy atom. The van der Waals surface area contributed by atoms with Crippen LogP contribution in [0.25, 0.3) is 6.08 Å². The lowest BCUT2D eigenvalue weighted by Gasteiger charge is -1.98. The molecular formula is C6H4F3NS. The van der Waals surface area contributed by atoms with E-state index in [2.05, 4.69) is 11.6 Å². The first kappa shape index (κ1) is 8.26. The summed E-state index contributed by atoms with van der Waals surface area (Å²) >= 11 is 0.586. The van der Waals surface area contributed by atoms with Crippen molar-refractivity contribution < 1.29 is 13.2 Å². The number of rotatable bonds is 1. The van der Waals surface area contributed by atoms with Gasteiger partial charge in [-0.25, -0.2) is 4.98 Å². The molecule has 0 saturated carbocycles. The molecule has 11 heavy (non-hydrogen) atoms. The predicted octanol–water partition coefficient (Wildman–Crippen LogP) is 2.80. The Bertz CT molecular complexity index is 263. The molecule has 1 nitrogen and oxygen atoms in total. The van der Waals surface area contributed by atoms with Crippen molar-refractivity contribution in [3.05, 3.63) is 22.7 Å². The third-order valence-electron chi connectivity index (χ3n) is 0.978. The highest BCUT2D eigenvalue weighted by Gasteiger charge is 2.32. The summed E-state index contributed by atoms with van der Waals surface area (Å²) in [7, 11) is 0. The van der Waals surface area contributed by atoms with Crippen molar-refractivity contribution in [1.29, 1.82) is 0 Å². The summed E-state index contributed by atoms with van der Waals surface area (Å²) in [6.45, 7) is 3.31. The highest BCUT2D eigenvalue weighted by molar-refractivity contribution is 7.12. The zero-order chi connectivity index (χ0) is 8.48. The van der Waals surface area contributed by atoms with Crippen molar-refractivity contribution in [3.63, 3.8) is 0 Å². The number of aromatic nitrogens is 1. The van der Waals surface area contributed by atoms with Gasteiger partial charge in [0.05, 0.1) is 6.20 Å². The summed E-state index contributed by atoms with van der Waals surface area (Å²) in [6.07, 6.45) is -2.18. The summed E-state index contributed by atoms with van der Waals surface area (Å²) in [4.78, 5) is 2.79. The van der Waals surface area contributed by atoms with Crippen LogP contribution in [0, 0.1) is 0 Å². The monoisotopic (exact) mass is 179 g/mol. The molecule has 0 bridgehead atoms. The van der Waals surface area contributed by atoms with Gasteiger partial charge < -0.3 is 0 Å². The quantitative estimate of drug-likeness (QED) is 0.646. The average molecular weight is 179 g/mol. The topological polar surface area (TPSA) is 12.9 Å². The van der Waals surface area contributed by atoms with E-state index in [9.17, 15) is 13.2 Å². The largest absolute Gasteiger partial charge is 0.427 e. The van der Waals surface area contributed by atoms with Crippen molar-refractivity contribution in [2.45, 2.75) is 6.18 Å². The van der Waals surface area contributed by atoms with Gasteiger partial charge in [0.2, 0.25) is 0 Å². The molecule has 0 fully saturated rings. The smallest absolute Gasteiger partial charge is 0.245 e. The fourth-order valence-electron chi connectivity index (χ4n) is 0.513. The van der Waals surface area contributed by atoms with Gasteiger partial charge in [-0.05, 0) is 6.08 Å². The summed E-state index contributed by atoms with van der Waals surface area (Å²) in [5, 5.41) is 0.289. The molecule has 1 rings (SSSR count). The van der Waals surface area contributed by atoms with Crippen LogP contribution in [0.15, 0.2) is 12.8 Å². The van der Waals surface area contributed by atoms with E-state index in [0.29, 0.717) is 11.3 Å². The van der Waals surface area contributed by atoms with Crippen LogP contribution in [-0.2, 0) is 6.18 Å². The second-order valence-electron chi connectivity index (χ2n) is 1.76. The van der Waals surface area contributed by atoms with Crippen LogP contribution >= 0.6 is 11.3 Å². The maximum absolute atomic E-state index is 11.9. The van der Waals surface area contributed by atoms with Crippen LogP contribution in [0.4, 0.5) is 13.2 Å². The van der Waals surface area contributed by atoms with E-state index in [4.69, 9.17) is 0 Å². The lowest BCUT2D eigenvalue weighted by molar-refractivity contribution is -0.134. The van der Waals surface area contributed by atoms with Crippen molar-refractivity contribution in [1.82, 2.24) is 4.98 Å². The Morgan fingerprint density at radius 3 is 2.45 bits per heavy atom. The van der Waals surface area contributed by atoms with Gasteiger partial charge in [0.1, 0.15) is 9.88 Å². The van der Waals surface area contributed by atoms with Gasteiger partial charge in [-0.15, -0.1) is 11.3 Å². The minimum atomic E-state index is -4.28. The molecule has 0 aliphatic rings. The van der Waals surface area contributed by atoms with Crippen LogP contribution in [-0.4, -0.2) is 4.98 Å². The molecule has 0 radical (unpaired) electrons. The van der Waals surface area contributed by atoms with Gasteiger partial charge >= 0.3 is 6.18 Å². The molecule has 1 heterocycles. The van der Waals surface area contributed by atoms with Crippen LogP contribution in [0.5, 0.6) is 0 Å². The number of alkyl halides is 3. The second kappa shape index (κ2) is 2.65. The molecule has 5 heteroatoms. The van der Waals surface area contributed by atoms with E-state index in [-0.39, 0.29) is 5.01 Å². The van der Waals surface area contributed by atoms with Crippen LogP contribution in [0.3, 0.4) is 0 Å². The van der Waals surface area contributed by atoms with Gasteiger partial charge in [-0.3, -0.25) is 0 Å². The first-order valence-corrected chi connectivity index (χ1v) is 3.51. The first-order chi connectivity index (χ1) is 5.04. The van der Waals surface area contributed by atoms with E-state index in [0.717, 1.165) is 6.20 Å². The third kappa shape index (κ3) is 1.80. The molecule has 0 saturated heterocycles. The molecule has 0 aliphatic carbocycles. The van der Waals surface area contributed by atoms with Crippen molar-refractivity contribution in [2.24, 2.45) is 0 Å². The maximum atomic E-state index is 11.9. The molecule has 0 spiro atoms. The van der Waals surface area contributed by atoms with Gasteiger partial charge in [0.25, 0.3) is 0 Å². The molecule has 0 aromatic carbocycles. The van der Waals surface area contributed by atoms with Crippen LogP contribution in [0.1, 0.15) is 9.88 Å². The lowest BCUT2D eigenvalue weighted by Crippen LogP contribution is -2.00. The first-order valence-electron chi connectivity index (χ1n) is 2.69. The van der Waals surface area contributed by atoms with Gasteiger partial charge in [0, 0.05) is 0 Å². The van der Waals surface area contributed by atoms with Crippen molar-refractivity contribution in [3.8, 4) is 0 Å². The van der Waals surface area contributed by atoms with Crippen molar-refractivity contribution >= 4 is 17.4 Å². The second-order valence-corrected chi connectivity index (χ2v) is 2.83. The Kier molecular flexibility index (Phi) is 1.99. The Balaban J connectivity index is 2.98. The minimum Gasteiger partial charge on any atom is -0.245 e. The average Bonchev–Trinajstić information content (AvgIpc) is 2.32. The standard InChI is InChI=1S/C6H4F3NS/c1-2-5-10-3-4(11-5)6(7,8)9/h2-3H,1H2. The molecule has 0 amide bonds. The Hall–Kier alpha value is -0.840. The zero-order valence-electron chi connectivity index (χ0n) is 5.35. The molecule has 0 atom stereocenters. The van der Waals surface area contributed by atoms with Crippen LogP contribution in [0.2, 0.25) is 0 Å². The molecule has 0 unspecified atom stereocenters. The number of hydrogen-bond donors (Lipinski definition) is 0. The molecular weight excluding hydrogens is 175 g/mol. The summed E-state index contributed by atoms with van der Waals surface area (Å²) in [5.41, 5.74) is 0. The highest BCUT2D eigenvalue weighted by Crippen LogP contribution is 2.33. The normalized spacial score (nSPS) is 11.5. The van der Waals surface area contributed by atoms with E-state index in [1.807, 2.05) is 0 Å². The molecule has 1 aromatic rings. The molecule has 1 aromatic heterocycles. The Morgan fingerprint density at radius 2 is 2.18 bits per heavy atom. The van der Waals surface area contributed by atoms with Gasteiger partial charge in [-0.1, -0.05) is 6.58 Å². The molecule has 0 aliphatic heterocycles. The van der Waals surface area contributed by atoms with Crippen molar-refractivity contribution in [2.75, 3.05) is 0 Å². The Labute approximate surface area is 65.2 Å². The van der Waals surface area contributed by atoms with E-state index in [1.165, 1.54) is 6.08 Å². The van der Waals surface area contributed by atoms with E-state index >= 15 is 0 Å². The lowest BCUT2D eigenvalue weighted by atomic mass is 10.5. The summed E-state index contributed by atoms with van der Waals surface area (Å²) in [5.74, 6) is 0. The van der Waals surface area contributed by atoms with E-state index in [1.54, 1.807) is 0 Å². The highest BCUT2D eigenvalue weighted by atomic mass is 32.1. The SMILES string of the molecule is C=Cc1ncc(C(F)(F)F)s1. The number of halogens is 3. The number of nitrogens with zero attached hydrogens (tertiary/aromatic N) is 1. The molecule has 60 valence electrons. The van der Waals surface area contributed by atoms with Gasteiger partial charge in [-0.2, -0.15) is 13.2 Å². The fourth-order valence-corrected chi connectivity index (χ4v) is 1.15. The zero-order valence-corrected chi connectivity index (χ0v) is 6.17. The molecule has 0 N–H and O–H groups in total. The third-order valence-corrected chi connectivity index (χ3v) is 2.02. The number of hydrogen-bond acceptors (Lipinski definition) is 2. The van der Waals surface area contributed by atoms with Gasteiger partial charge in [0.15, 0.2) is 0 Å². The fraction of sp³-hybridized carbons (Fsp3) is 0.167.